The number of allylic oxidation sites excluding steroid dienone is 4. The molecule has 5 atom stereocenters. The Bertz CT molecular complexity index is 1230. The van der Waals surface area contributed by atoms with Gasteiger partial charge in [-0.2, -0.15) is 0 Å². The summed E-state index contributed by atoms with van der Waals surface area (Å²) in [6.07, 6.45) is 9.09. The zero-order chi connectivity index (χ0) is 27.4. The number of nitrogens with two attached hydrogens (primary N) is 1. The average Bonchev–Trinajstić information content (AvgIpc) is 2.90. The fourth-order valence-corrected chi connectivity index (χ4v) is 4.89. The number of aliphatic hydroxyl groups is 2. The number of phenols is 1. The molecular weight excluding hydrogens is 490 g/mol. The van der Waals surface area contributed by atoms with Crippen LogP contribution < -0.4 is 16.4 Å². The predicted octanol–water partition coefficient (Wildman–Crippen LogP) is 1.29. The first-order valence-corrected chi connectivity index (χ1v) is 12.6. The Balaban J connectivity index is 1.71. The topological polar surface area (TPSA) is 171 Å². The first kappa shape index (κ1) is 27.2. The van der Waals surface area contributed by atoms with Crippen LogP contribution in [0.3, 0.4) is 0 Å². The third kappa shape index (κ3) is 6.32. The molecule has 0 saturated heterocycles. The molecular formula is C28H33N3O7. The van der Waals surface area contributed by atoms with Crippen molar-refractivity contribution < 1.29 is 34.4 Å². The Kier molecular flexibility index (Phi) is 8.33. The summed E-state index contributed by atoms with van der Waals surface area (Å²) in [4.78, 5) is 39.2. The molecule has 0 aromatic heterocycles. The second-order valence-electron chi connectivity index (χ2n) is 9.85. The Hall–Kier alpha value is -3.89. The monoisotopic (exact) mass is 523 g/mol. The number of carbonyl (C=O) groups is 3. The maximum absolute atomic E-state index is 13.4. The number of phenolic OH excluding ortho intramolecular Hbond substituents is 1. The smallest absolute Gasteiger partial charge is 0.328 e. The van der Waals surface area contributed by atoms with Crippen LogP contribution in [0.25, 0.3) is 5.57 Å². The lowest BCUT2D eigenvalue weighted by molar-refractivity contribution is -0.145. The Morgan fingerprint density at radius 1 is 1.13 bits per heavy atom. The molecule has 4 rings (SSSR count). The number of ether oxygens (including phenoxy) is 1. The molecule has 1 heterocycles. The van der Waals surface area contributed by atoms with Crippen molar-refractivity contribution in [1.29, 1.82) is 0 Å². The molecule has 7 N–H and O–H groups in total. The van der Waals surface area contributed by atoms with E-state index in [1.165, 1.54) is 13.2 Å². The first-order valence-electron chi connectivity index (χ1n) is 12.6. The minimum atomic E-state index is -1.03. The van der Waals surface area contributed by atoms with Crippen LogP contribution in [0.1, 0.15) is 36.8 Å². The van der Waals surface area contributed by atoms with E-state index >= 15 is 0 Å². The van der Waals surface area contributed by atoms with Crippen molar-refractivity contribution in [2.75, 3.05) is 7.11 Å². The average molecular weight is 524 g/mol. The number of carbonyl (C=O) groups excluding carboxylic acids is 3. The lowest BCUT2D eigenvalue weighted by atomic mass is 9.86. The van der Waals surface area contributed by atoms with Crippen LogP contribution in [0, 0.1) is 5.92 Å². The van der Waals surface area contributed by atoms with Crippen LogP contribution in [-0.2, 0) is 25.5 Å². The summed E-state index contributed by atoms with van der Waals surface area (Å²) in [5.74, 6) is -2.13. The van der Waals surface area contributed by atoms with E-state index in [9.17, 15) is 29.7 Å². The van der Waals surface area contributed by atoms with E-state index in [-0.39, 0.29) is 36.7 Å². The number of hydrogen-bond donors (Lipinski definition) is 6. The molecule has 2 aliphatic carbocycles. The molecule has 1 aromatic carbocycles. The molecule has 2 amide bonds. The van der Waals surface area contributed by atoms with Gasteiger partial charge in [0, 0.05) is 17.6 Å². The van der Waals surface area contributed by atoms with Gasteiger partial charge >= 0.3 is 5.97 Å². The molecule has 4 bridgehead atoms. The number of esters is 1. The number of rotatable bonds is 3. The van der Waals surface area contributed by atoms with Gasteiger partial charge in [-0.1, -0.05) is 30.4 Å². The van der Waals surface area contributed by atoms with Gasteiger partial charge in [-0.15, -0.1) is 0 Å². The third-order valence-electron chi connectivity index (χ3n) is 7.00. The van der Waals surface area contributed by atoms with Crippen molar-refractivity contribution in [1.82, 2.24) is 10.6 Å². The number of aliphatic hydroxyl groups excluding tert-OH is 2. The van der Waals surface area contributed by atoms with Crippen molar-refractivity contribution in [3.05, 3.63) is 71.0 Å². The van der Waals surface area contributed by atoms with Gasteiger partial charge in [0.2, 0.25) is 11.8 Å². The lowest BCUT2D eigenvalue weighted by Gasteiger charge is -2.26. The number of benzene rings is 1. The van der Waals surface area contributed by atoms with E-state index < -0.39 is 42.0 Å². The minimum absolute atomic E-state index is 0.0160. The summed E-state index contributed by atoms with van der Waals surface area (Å²) in [6, 6.07) is 1.72. The van der Waals surface area contributed by atoms with Gasteiger partial charge in [-0.3, -0.25) is 9.59 Å². The van der Waals surface area contributed by atoms with E-state index in [2.05, 4.69) is 10.6 Å². The van der Waals surface area contributed by atoms with Crippen LogP contribution in [0.4, 0.5) is 0 Å². The molecule has 38 heavy (non-hydrogen) atoms. The van der Waals surface area contributed by atoms with Gasteiger partial charge in [0.1, 0.15) is 23.6 Å². The van der Waals surface area contributed by atoms with E-state index in [0.29, 0.717) is 29.5 Å². The van der Waals surface area contributed by atoms with Crippen molar-refractivity contribution >= 4 is 23.4 Å². The van der Waals surface area contributed by atoms with E-state index in [1.54, 1.807) is 42.5 Å². The molecule has 0 radical (unpaired) electrons. The van der Waals surface area contributed by atoms with Crippen LogP contribution in [0.2, 0.25) is 0 Å². The number of hydrogen-bond acceptors (Lipinski definition) is 8. The van der Waals surface area contributed by atoms with E-state index in [4.69, 9.17) is 10.5 Å². The SMILES string of the molecule is COC(=O)[C@@H]1CC2C=C(C(O)=CC2)c2cc(ccc2O)C[C@H](N)C(=O)N[C@@H](CC2=CCC(O)C=C2)C(=O)N1. The number of aromatic hydroxyl groups is 1. The van der Waals surface area contributed by atoms with Gasteiger partial charge in [-0.05, 0) is 60.9 Å². The zero-order valence-electron chi connectivity index (χ0n) is 21.1. The predicted molar refractivity (Wildman–Crippen MR) is 140 cm³/mol. The van der Waals surface area contributed by atoms with Crippen LogP contribution in [-0.4, -0.2) is 64.4 Å². The minimum Gasteiger partial charge on any atom is -0.508 e. The van der Waals surface area contributed by atoms with Crippen LogP contribution in [0.5, 0.6) is 5.75 Å². The fourth-order valence-electron chi connectivity index (χ4n) is 4.89. The van der Waals surface area contributed by atoms with Gasteiger partial charge in [0.05, 0.1) is 19.3 Å². The van der Waals surface area contributed by atoms with Gasteiger partial charge in [-0.25, -0.2) is 4.79 Å². The third-order valence-corrected chi connectivity index (χ3v) is 7.00. The molecule has 202 valence electrons. The summed E-state index contributed by atoms with van der Waals surface area (Å²) in [5.41, 5.74) is 8.38. The van der Waals surface area contributed by atoms with Crippen LogP contribution >= 0.6 is 0 Å². The van der Waals surface area contributed by atoms with Crippen molar-refractivity contribution in [3.63, 3.8) is 0 Å². The van der Waals surface area contributed by atoms with Gasteiger partial charge in [0.25, 0.3) is 0 Å². The molecule has 10 heteroatoms. The fraction of sp³-hybridized carbons (Fsp3) is 0.393. The van der Waals surface area contributed by atoms with Gasteiger partial charge < -0.3 is 36.4 Å². The Labute approximate surface area is 220 Å². The van der Waals surface area contributed by atoms with Crippen LogP contribution in [0.15, 0.2) is 59.9 Å². The number of nitrogens with one attached hydrogen (secondary N) is 2. The largest absolute Gasteiger partial charge is 0.508 e. The normalized spacial score (nSPS) is 28.0. The number of amides is 2. The zero-order valence-corrected chi connectivity index (χ0v) is 21.1. The highest BCUT2D eigenvalue weighted by Gasteiger charge is 2.32. The van der Waals surface area contributed by atoms with Gasteiger partial charge in [0.15, 0.2) is 0 Å². The second-order valence-corrected chi connectivity index (χ2v) is 9.85. The van der Waals surface area contributed by atoms with Crippen molar-refractivity contribution in [2.24, 2.45) is 11.7 Å². The summed E-state index contributed by atoms with van der Waals surface area (Å²) >= 11 is 0. The first-order chi connectivity index (χ1) is 18.1. The molecule has 1 aromatic rings. The summed E-state index contributed by atoms with van der Waals surface area (Å²) in [7, 11) is 1.22. The number of fused-ring (bicyclic) bond motifs is 4. The molecule has 1 aliphatic heterocycles. The molecule has 0 fully saturated rings. The molecule has 0 saturated carbocycles. The quantitative estimate of drug-likeness (QED) is 0.322. The summed E-state index contributed by atoms with van der Waals surface area (Å²) in [6.45, 7) is 0. The highest BCUT2D eigenvalue weighted by Crippen LogP contribution is 2.36. The van der Waals surface area contributed by atoms with Crippen molar-refractivity contribution in [3.8, 4) is 5.75 Å². The molecule has 10 nitrogen and oxygen atoms in total. The maximum Gasteiger partial charge on any atom is 0.328 e. The molecule has 0 spiro atoms. The summed E-state index contributed by atoms with van der Waals surface area (Å²) < 4.78 is 4.94. The van der Waals surface area contributed by atoms with E-state index in [0.717, 1.165) is 5.57 Å². The van der Waals surface area contributed by atoms with Crippen molar-refractivity contribution in [2.45, 2.75) is 56.3 Å². The highest BCUT2D eigenvalue weighted by molar-refractivity contribution is 5.92. The number of methoxy groups -OCH3 is 1. The lowest BCUT2D eigenvalue weighted by Crippen LogP contribution is -2.55. The highest BCUT2D eigenvalue weighted by atomic mass is 16.5. The summed E-state index contributed by atoms with van der Waals surface area (Å²) in [5, 5.41) is 36.3. The Morgan fingerprint density at radius 3 is 2.63 bits per heavy atom. The molecule has 3 aliphatic rings. The molecule has 2 unspecified atom stereocenters. The maximum atomic E-state index is 13.4. The standard InChI is InChI=1S/C28H33N3O7/c1-38-28(37)23-14-17-5-9-25(34)20(11-17)19-10-16(4-8-24(19)33)12-21(29)26(35)30-22(27(36)31-23)13-15-2-6-18(32)7-3-15/h2-4,6,8-11,17-18,21-23,32-34H,5,7,12-14,29H2,1H3,(H,30,35)(H,31,36)/t17?,18?,21-,22-,23-/m0/s1. The van der Waals surface area contributed by atoms with E-state index in [1.807, 2.05) is 0 Å². The Morgan fingerprint density at radius 2 is 1.92 bits per heavy atom. The second kappa shape index (κ2) is 11.7.